The molecule has 5 nitrogen and oxygen atoms in total. The Morgan fingerprint density at radius 1 is 1.21 bits per heavy atom. The Hall–Kier alpha value is -0.810. The van der Waals surface area contributed by atoms with Crippen LogP contribution in [0.25, 0.3) is 0 Å². The average molecular weight is 269 g/mol. The summed E-state index contributed by atoms with van der Waals surface area (Å²) in [6.45, 7) is 9.78. The van der Waals surface area contributed by atoms with Crippen molar-refractivity contribution in [2.75, 3.05) is 26.2 Å². The highest BCUT2D eigenvalue weighted by Gasteiger charge is 2.35. The van der Waals surface area contributed by atoms with Crippen molar-refractivity contribution in [1.29, 1.82) is 0 Å². The van der Waals surface area contributed by atoms with Gasteiger partial charge in [-0.1, -0.05) is 0 Å². The number of ether oxygens (including phenoxy) is 1. The van der Waals surface area contributed by atoms with Crippen LogP contribution >= 0.6 is 0 Å². The van der Waals surface area contributed by atoms with Crippen LogP contribution < -0.4 is 16.0 Å². The molecule has 2 fully saturated rings. The molecule has 5 heteroatoms. The highest BCUT2D eigenvalue weighted by atomic mass is 16.6. The molecule has 2 aliphatic heterocycles. The number of rotatable bonds is 3. The van der Waals surface area contributed by atoms with Crippen molar-refractivity contribution in [1.82, 2.24) is 16.0 Å². The topological polar surface area (TPSA) is 62.4 Å². The second kappa shape index (κ2) is 6.09. The van der Waals surface area contributed by atoms with Gasteiger partial charge in [0.1, 0.15) is 5.60 Å². The molecule has 0 aromatic heterocycles. The molecule has 2 heterocycles. The van der Waals surface area contributed by atoms with Gasteiger partial charge in [-0.25, -0.2) is 4.79 Å². The fourth-order valence-electron chi connectivity index (χ4n) is 2.81. The SMILES string of the molecule is CC(C)(C)OC(=O)NC(C1CCCNC1)C1CNC1. The fourth-order valence-corrected chi connectivity index (χ4v) is 2.81. The van der Waals surface area contributed by atoms with E-state index < -0.39 is 5.60 Å². The molecule has 2 rings (SSSR count). The van der Waals surface area contributed by atoms with Crippen LogP contribution in [-0.2, 0) is 4.74 Å². The van der Waals surface area contributed by atoms with Gasteiger partial charge >= 0.3 is 6.09 Å². The van der Waals surface area contributed by atoms with E-state index in [0.717, 1.165) is 26.2 Å². The Morgan fingerprint density at radius 2 is 1.89 bits per heavy atom. The Bertz CT molecular complexity index is 304. The second-order valence-electron chi connectivity index (χ2n) is 6.70. The zero-order valence-electron chi connectivity index (χ0n) is 12.3. The quantitative estimate of drug-likeness (QED) is 0.718. The third-order valence-corrected chi connectivity index (χ3v) is 3.85. The van der Waals surface area contributed by atoms with Crippen LogP contribution in [0, 0.1) is 11.8 Å². The largest absolute Gasteiger partial charge is 0.444 e. The maximum Gasteiger partial charge on any atom is 0.407 e. The minimum absolute atomic E-state index is 0.226. The third kappa shape index (κ3) is 4.35. The van der Waals surface area contributed by atoms with Crippen molar-refractivity contribution in [2.24, 2.45) is 11.8 Å². The Labute approximate surface area is 115 Å². The van der Waals surface area contributed by atoms with Crippen LogP contribution in [0.2, 0.25) is 0 Å². The van der Waals surface area contributed by atoms with Gasteiger partial charge in [0.05, 0.1) is 0 Å². The summed E-state index contributed by atoms with van der Waals surface area (Å²) in [4.78, 5) is 12.0. The summed E-state index contributed by atoms with van der Waals surface area (Å²) >= 11 is 0. The maximum absolute atomic E-state index is 12.0. The van der Waals surface area contributed by atoms with E-state index in [1.807, 2.05) is 20.8 Å². The van der Waals surface area contributed by atoms with Crippen molar-refractivity contribution in [3.63, 3.8) is 0 Å². The van der Waals surface area contributed by atoms with E-state index in [1.165, 1.54) is 12.8 Å². The van der Waals surface area contributed by atoms with Gasteiger partial charge in [0.2, 0.25) is 0 Å². The highest BCUT2D eigenvalue weighted by molar-refractivity contribution is 5.68. The van der Waals surface area contributed by atoms with Crippen LogP contribution in [0.5, 0.6) is 0 Å². The van der Waals surface area contributed by atoms with Gasteiger partial charge in [0, 0.05) is 25.0 Å². The molecule has 0 radical (unpaired) electrons. The van der Waals surface area contributed by atoms with Gasteiger partial charge in [-0.15, -0.1) is 0 Å². The summed E-state index contributed by atoms with van der Waals surface area (Å²) in [6, 6.07) is 0.226. The first kappa shape index (κ1) is 14.6. The van der Waals surface area contributed by atoms with Gasteiger partial charge in [-0.3, -0.25) is 0 Å². The number of hydrogen-bond donors (Lipinski definition) is 3. The Morgan fingerprint density at radius 3 is 2.37 bits per heavy atom. The van der Waals surface area contributed by atoms with Crippen molar-refractivity contribution >= 4 is 6.09 Å². The summed E-state index contributed by atoms with van der Waals surface area (Å²) in [7, 11) is 0. The first-order valence-electron chi connectivity index (χ1n) is 7.36. The van der Waals surface area contributed by atoms with Crippen LogP contribution in [0.3, 0.4) is 0 Å². The molecular weight excluding hydrogens is 242 g/mol. The summed E-state index contributed by atoms with van der Waals surface area (Å²) in [6.07, 6.45) is 2.09. The number of carbonyl (C=O) groups excluding carboxylic acids is 1. The minimum atomic E-state index is -0.433. The van der Waals surface area contributed by atoms with Crippen LogP contribution in [0.1, 0.15) is 33.6 Å². The lowest BCUT2D eigenvalue weighted by molar-refractivity contribution is 0.0428. The molecule has 0 bridgehead atoms. The number of amides is 1. The minimum Gasteiger partial charge on any atom is -0.444 e. The zero-order valence-corrected chi connectivity index (χ0v) is 12.3. The molecule has 0 aromatic rings. The normalized spacial score (nSPS) is 26.4. The molecule has 110 valence electrons. The van der Waals surface area contributed by atoms with Crippen molar-refractivity contribution in [2.45, 2.75) is 45.3 Å². The third-order valence-electron chi connectivity index (χ3n) is 3.85. The molecule has 2 saturated heterocycles. The maximum atomic E-state index is 12.0. The van der Waals surface area contributed by atoms with E-state index >= 15 is 0 Å². The van der Waals surface area contributed by atoms with Crippen molar-refractivity contribution < 1.29 is 9.53 Å². The van der Waals surface area contributed by atoms with Crippen molar-refractivity contribution in [3.05, 3.63) is 0 Å². The second-order valence-corrected chi connectivity index (χ2v) is 6.70. The molecular formula is C14H27N3O2. The predicted octanol–water partition coefficient (Wildman–Crippen LogP) is 1.10. The highest BCUT2D eigenvalue weighted by Crippen LogP contribution is 2.23. The number of nitrogens with one attached hydrogen (secondary N) is 3. The Balaban J connectivity index is 1.91. The van der Waals surface area contributed by atoms with Gasteiger partial charge in [-0.2, -0.15) is 0 Å². The average Bonchev–Trinajstić information content (AvgIpc) is 2.24. The number of alkyl carbamates (subject to hydrolysis) is 1. The number of hydrogen-bond acceptors (Lipinski definition) is 4. The molecule has 19 heavy (non-hydrogen) atoms. The smallest absolute Gasteiger partial charge is 0.407 e. The van der Waals surface area contributed by atoms with Gasteiger partial charge in [-0.05, 0) is 52.6 Å². The summed E-state index contributed by atoms with van der Waals surface area (Å²) in [5, 5.41) is 9.82. The molecule has 1 amide bonds. The molecule has 2 unspecified atom stereocenters. The lowest BCUT2D eigenvalue weighted by Gasteiger charge is -2.41. The van der Waals surface area contributed by atoms with E-state index in [9.17, 15) is 4.79 Å². The first-order valence-corrected chi connectivity index (χ1v) is 7.36. The molecule has 0 aliphatic carbocycles. The summed E-state index contributed by atoms with van der Waals surface area (Å²) in [5.74, 6) is 1.06. The standard InChI is InChI=1S/C14H27N3O2/c1-14(2,3)19-13(18)17-12(11-8-16-9-11)10-5-4-6-15-7-10/h10-12,15-16H,4-9H2,1-3H3,(H,17,18). The van der Waals surface area contributed by atoms with Crippen LogP contribution in [0.4, 0.5) is 4.79 Å². The zero-order chi connectivity index (χ0) is 13.9. The monoisotopic (exact) mass is 269 g/mol. The van der Waals surface area contributed by atoms with Crippen molar-refractivity contribution in [3.8, 4) is 0 Å². The number of carbonyl (C=O) groups is 1. The molecule has 2 aliphatic rings. The van der Waals surface area contributed by atoms with Crippen LogP contribution in [0.15, 0.2) is 0 Å². The number of piperidine rings is 1. The summed E-state index contributed by atoms with van der Waals surface area (Å²) < 4.78 is 5.39. The lowest BCUT2D eigenvalue weighted by Crippen LogP contribution is -2.59. The van der Waals surface area contributed by atoms with Crippen LogP contribution in [-0.4, -0.2) is 43.9 Å². The van der Waals surface area contributed by atoms with Gasteiger partial charge in [0.25, 0.3) is 0 Å². The summed E-state index contributed by atoms with van der Waals surface area (Å²) in [5.41, 5.74) is -0.433. The molecule has 0 saturated carbocycles. The van der Waals surface area contributed by atoms with E-state index in [0.29, 0.717) is 11.8 Å². The van der Waals surface area contributed by atoms with Gasteiger partial charge < -0.3 is 20.7 Å². The molecule has 0 aromatic carbocycles. The Kier molecular flexibility index (Phi) is 4.68. The lowest BCUT2D eigenvalue weighted by atomic mass is 9.81. The fraction of sp³-hybridized carbons (Fsp3) is 0.929. The van der Waals surface area contributed by atoms with Gasteiger partial charge in [0.15, 0.2) is 0 Å². The van der Waals surface area contributed by atoms with E-state index in [-0.39, 0.29) is 12.1 Å². The molecule has 3 N–H and O–H groups in total. The molecule has 2 atom stereocenters. The predicted molar refractivity (Wildman–Crippen MR) is 75.1 cm³/mol. The molecule has 0 spiro atoms. The van der Waals surface area contributed by atoms with E-state index in [2.05, 4.69) is 16.0 Å². The van der Waals surface area contributed by atoms with E-state index in [1.54, 1.807) is 0 Å². The van der Waals surface area contributed by atoms with E-state index in [4.69, 9.17) is 4.74 Å². The first-order chi connectivity index (χ1) is 8.96.